The molecule has 0 atom stereocenters. The molecule has 19 heavy (non-hydrogen) atoms. The lowest BCUT2D eigenvalue weighted by Gasteiger charge is -2.26. The van der Waals surface area contributed by atoms with E-state index < -0.39 is 0 Å². The van der Waals surface area contributed by atoms with Crippen molar-refractivity contribution < 1.29 is 14.6 Å². The summed E-state index contributed by atoms with van der Waals surface area (Å²) in [5.41, 5.74) is 0.265. The highest BCUT2D eigenvalue weighted by Crippen LogP contribution is 2.13. The number of carbonyl (C=O) groups excluding carboxylic acids is 1. The second-order valence-corrected chi connectivity index (χ2v) is 4.46. The zero-order chi connectivity index (χ0) is 13.5. The molecular weight excluding hydrogens is 246 g/mol. The van der Waals surface area contributed by atoms with Gasteiger partial charge in [-0.15, -0.1) is 0 Å². The Morgan fingerprint density at radius 2 is 2.26 bits per heavy atom. The Kier molecular flexibility index (Phi) is 5.11. The van der Waals surface area contributed by atoms with Crippen LogP contribution >= 0.6 is 0 Å². The van der Waals surface area contributed by atoms with E-state index in [0.29, 0.717) is 6.54 Å². The molecule has 0 radical (unpaired) electrons. The average molecular weight is 265 g/mol. The molecule has 0 spiro atoms. The van der Waals surface area contributed by atoms with Crippen LogP contribution in [0.1, 0.15) is 16.8 Å². The highest BCUT2D eigenvalue weighted by molar-refractivity contribution is 5.96. The minimum absolute atomic E-state index is 0.0896. The minimum atomic E-state index is -0.262. The molecule has 0 saturated carbocycles. The Hall–Kier alpha value is -1.66. The van der Waals surface area contributed by atoms with Gasteiger partial charge >= 0.3 is 0 Å². The second kappa shape index (κ2) is 7.06. The molecule has 0 bridgehead atoms. The summed E-state index contributed by atoms with van der Waals surface area (Å²) in [6.07, 6.45) is 3.64. The molecule has 1 amide bonds. The summed E-state index contributed by atoms with van der Waals surface area (Å²) in [5, 5.41) is 12.3. The molecule has 1 aromatic rings. The van der Waals surface area contributed by atoms with Crippen molar-refractivity contribution in [3.63, 3.8) is 0 Å². The maximum absolute atomic E-state index is 11.8. The maximum Gasteiger partial charge on any atom is 0.255 e. The van der Waals surface area contributed by atoms with Crippen molar-refractivity contribution in [1.29, 1.82) is 0 Å². The van der Waals surface area contributed by atoms with Gasteiger partial charge in [0.25, 0.3) is 5.91 Å². The summed E-state index contributed by atoms with van der Waals surface area (Å²) in [5.74, 6) is -0.352. The van der Waals surface area contributed by atoms with Crippen LogP contribution in [0.2, 0.25) is 0 Å². The summed E-state index contributed by atoms with van der Waals surface area (Å²) in [6, 6.07) is 1.51. The standard InChI is InChI=1S/C13H19N3O3/c17-12-10-14-4-2-11(12)13(18)15-3-1-5-16-6-8-19-9-7-16/h2,4,10,17H,1,3,5-9H2,(H,15,18). The van der Waals surface area contributed by atoms with Crippen molar-refractivity contribution in [1.82, 2.24) is 15.2 Å². The first-order chi connectivity index (χ1) is 9.27. The molecule has 104 valence electrons. The number of nitrogens with zero attached hydrogens (tertiary/aromatic N) is 2. The largest absolute Gasteiger partial charge is 0.505 e. The van der Waals surface area contributed by atoms with Gasteiger partial charge in [-0.2, -0.15) is 0 Å². The van der Waals surface area contributed by atoms with Crippen molar-refractivity contribution in [3.8, 4) is 5.75 Å². The van der Waals surface area contributed by atoms with Gasteiger partial charge < -0.3 is 15.2 Å². The highest BCUT2D eigenvalue weighted by atomic mass is 16.5. The van der Waals surface area contributed by atoms with Gasteiger partial charge in [0.2, 0.25) is 0 Å². The molecule has 6 nitrogen and oxygen atoms in total. The van der Waals surface area contributed by atoms with Crippen LogP contribution in [0.5, 0.6) is 5.75 Å². The van der Waals surface area contributed by atoms with Gasteiger partial charge in [-0.25, -0.2) is 0 Å². The summed E-state index contributed by atoms with van der Waals surface area (Å²) in [6.45, 7) is 5.04. The van der Waals surface area contributed by atoms with Crippen molar-refractivity contribution >= 4 is 5.91 Å². The summed E-state index contributed by atoms with van der Waals surface area (Å²) in [7, 11) is 0. The van der Waals surface area contributed by atoms with Gasteiger partial charge in [-0.1, -0.05) is 0 Å². The molecule has 0 aliphatic carbocycles. The maximum atomic E-state index is 11.8. The Morgan fingerprint density at radius 1 is 1.47 bits per heavy atom. The van der Waals surface area contributed by atoms with Crippen molar-refractivity contribution in [2.24, 2.45) is 0 Å². The lowest BCUT2D eigenvalue weighted by atomic mass is 10.2. The fourth-order valence-corrected chi connectivity index (χ4v) is 2.00. The molecule has 2 heterocycles. The third-order valence-electron chi connectivity index (χ3n) is 3.09. The van der Waals surface area contributed by atoms with Crippen LogP contribution in [-0.2, 0) is 4.74 Å². The third kappa shape index (κ3) is 4.18. The number of hydrogen-bond donors (Lipinski definition) is 2. The Bertz CT molecular complexity index is 419. The third-order valence-corrected chi connectivity index (χ3v) is 3.09. The van der Waals surface area contributed by atoms with Crippen molar-refractivity contribution in [3.05, 3.63) is 24.0 Å². The van der Waals surface area contributed by atoms with Crippen LogP contribution in [0.15, 0.2) is 18.5 Å². The first-order valence-electron chi connectivity index (χ1n) is 6.48. The Morgan fingerprint density at radius 3 is 3.00 bits per heavy atom. The van der Waals surface area contributed by atoms with Gasteiger partial charge in [0.1, 0.15) is 5.75 Å². The van der Waals surface area contributed by atoms with E-state index in [4.69, 9.17) is 4.74 Å². The molecule has 6 heteroatoms. The number of aromatic hydroxyl groups is 1. The van der Waals surface area contributed by atoms with Crippen LogP contribution in [0, 0.1) is 0 Å². The summed E-state index contributed by atoms with van der Waals surface area (Å²) >= 11 is 0. The molecule has 1 saturated heterocycles. The Labute approximate surface area is 112 Å². The topological polar surface area (TPSA) is 74.7 Å². The normalized spacial score (nSPS) is 16.2. The molecule has 1 aromatic heterocycles. The van der Waals surface area contributed by atoms with E-state index in [-0.39, 0.29) is 17.2 Å². The highest BCUT2D eigenvalue weighted by Gasteiger charge is 2.11. The van der Waals surface area contributed by atoms with Crippen LogP contribution in [0.25, 0.3) is 0 Å². The number of pyridine rings is 1. The lowest BCUT2D eigenvalue weighted by Crippen LogP contribution is -2.38. The zero-order valence-corrected chi connectivity index (χ0v) is 10.8. The number of hydrogen-bond acceptors (Lipinski definition) is 5. The number of rotatable bonds is 5. The summed E-state index contributed by atoms with van der Waals surface area (Å²) in [4.78, 5) is 17.8. The molecule has 0 aromatic carbocycles. The number of amides is 1. The number of ether oxygens (including phenoxy) is 1. The molecule has 0 unspecified atom stereocenters. The van der Waals surface area contributed by atoms with Crippen LogP contribution in [0.4, 0.5) is 0 Å². The SMILES string of the molecule is O=C(NCCCN1CCOCC1)c1ccncc1O. The van der Waals surface area contributed by atoms with E-state index in [1.165, 1.54) is 18.5 Å². The number of morpholine rings is 1. The first kappa shape index (κ1) is 13.8. The van der Waals surface area contributed by atoms with E-state index in [2.05, 4.69) is 15.2 Å². The van der Waals surface area contributed by atoms with Gasteiger partial charge in [0.05, 0.1) is 25.0 Å². The van der Waals surface area contributed by atoms with Gasteiger partial charge in [0.15, 0.2) is 0 Å². The van der Waals surface area contributed by atoms with E-state index in [1.54, 1.807) is 0 Å². The predicted octanol–water partition coefficient (Wildman–Crippen LogP) is 0.239. The monoisotopic (exact) mass is 265 g/mol. The van der Waals surface area contributed by atoms with Crippen LogP contribution < -0.4 is 5.32 Å². The first-order valence-corrected chi connectivity index (χ1v) is 6.48. The van der Waals surface area contributed by atoms with E-state index in [0.717, 1.165) is 39.3 Å². The van der Waals surface area contributed by atoms with Gasteiger partial charge in [-0.3, -0.25) is 14.7 Å². The Balaban J connectivity index is 1.68. The average Bonchev–Trinajstić information content (AvgIpc) is 2.45. The number of aromatic nitrogens is 1. The molecule has 1 aliphatic rings. The van der Waals surface area contributed by atoms with Crippen molar-refractivity contribution in [2.45, 2.75) is 6.42 Å². The molecule has 2 N–H and O–H groups in total. The molecule has 1 fully saturated rings. The predicted molar refractivity (Wildman–Crippen MR) is 70.1 cm³/mol. The minimum Gasteiger partial charge on any atom is -0.505 e. The fraction of sp³-hybridized carbons (Fsp3) is 0.538. The molecule has 2 rings (SSSR count). The smallest absolute Gasteiger partial charge is 0.255 e. The van der Waals surface area contributed by atoms with Crippen LogP contribution in [-0.4, -0.2) is 60.3 Å². The quantitative estimate of drug-likeness (QED) is 0.746. The van der Waals surface area contributed by atoms with E-state index in [1.807, 2.05) is 0 Å². The second-order valence-electron chi connectivity index (χ2n) is 4.46. The number of carbonyl (C=O) groups is 1. The lowest BCUT2D eigenvalue weighted by molar-refractivity contribution is 0.0374. The van der Waals surface area contributed by atoms with Gasteiger partial charge in [-0.05, 0) is 19.0 Å². The van der Waals surface area contributed by atoms with Crippen LogP contribution in [0.3, 0.4) is 0 Å². The fourth-order valence-electron chi connectivity index (χ4n) is 2.00. The van der Waals surface area contributed by atoms with E-state index in [9.17, 15) is 9.90 Å². The van der Waals surface area contributed by atoms with E-state index >= 15 is 0 Å². The van der Waals surface area contributed by atoms with Gasteiger partial charge in [0, 0.05) is 25.8 Å². The number of nitrogens with one attached hydrogen (secondary N) is 1. The molecular formula is C13H19N3O3. The molecule has 1 aliphatic heterocycles. The zero-order valence-electron chi connectivity index (χ0n) is 10.8. The summed E-state index contributed by atoms with van der Waals surface area (Å²) < 4.78 is 5.27. The van der Waals surface area contributed by atoms with Crippen molar-refractivity contribution in [2.75, 3.05) is 39.4 Å².